The van der Waals surface area contributed by atoms with Crippen molar-refractivity contribution in [3.05, 3.63) is 27.7 Å². The molecule has 0 spiro atoms. The fraction of sp³-hybridized carbons (Fsp3) is 0.455. The first-order valence-corrected chi connectivity index (χ1v) is 5.19. The molecule has 86 valence electrons. The molecule has 0 fully saturated rings. The summed E-state index contributed by atoms with van der Waals surface area (Å²) in [6.45, 7) is 0.596. The number of methoxy groups -OCH3 is 1. The Morgan fingerprint density at radius 3 is 2.94 bits per heavy atom. The highest BCUT2D eigenvalue weighted by molar-refractivity contribution is 5.93. The second-order valence-electron chi connectivity index (χ2n) is 3.79. The third kappa shape index (κ3) is 1.58. The molecule has 16 heavy (non-hydrogen) atoms. The molecule has 1 aromatic rings. The maximum absolute atomic E-state index is 11.6. The highest BCUT2D eigenvalue weighted by Gasteiger charge is 2.23. The monoisotopic (exact) mass is 223 g/mol. The van der Waals surface area contributed by atoms with E-state index in [1.165, 1.54) is 11.7 Å². The summed E-state index contributed by atoms with van der Waals surface area (Å²) in [4.78, 5) is 23.1. The van der Waals surface area contributed by atoms with Crippen molar-refractivity contribution in [1.82, 2.24) is 4.57 Å². The molecule has 2 rings (SSSR count). The summed E-state index contributed by atoms with van der Waals surface area (Å²) in [5, 5.41) is 9.63. The van der Waals surface area contributed by atoms with Gasteiger partial charge in [0.15, 0.2) is 0 Å². The molecule has 0 aromatic carbocycles. The van der Waals surface area contributed by atoms with Crippen LogP contribution >= 0.6 is 0 Å². The Kier molecular flexibility index (Phi) is 2.68. The molecule has 1 aliphatic rings. The summed E-state index contributed by atoms with van der Waals surface area (Å²) >= 11 is 0. The van der Waals surface area contributed by atoms with E-state index in [2.05, 4.69) is 4.74 Å². The SMILES string of the molecule is COC(=O)c1c(O)cc(=O)n2c1CCCC2. The number of carbonyl (C=O) groups excluding carboxylic acids is 1. The third-order valence-corrected chi connectivity index (χ3v) is 2.83. The molecule has 0 atom stereocenters. The van der Waals surface area contributed by atoms with Crippen molar-refractivity contribution in [2.75, 3.05) is 7.11 Å². The van der Waals surface area contributed by atoms with Crippen molar-refractivity contribution >= 4 is 5.97 Å². The van der Waals surface area contributed by atoms with Gasteiger partial charge in [0.25, 0.3) is 5.56 Å². The molecule has 0 aliphatic carbocycles. The highest BCUT2D eigenvalue weighted by Crippen LogP contribution is 2.24. The third-order valence-electron chi connectivity index (χ3n) is 2.83. The van der Waals surface area contributed by atoms with E-state index >= 15 is 0 Å². The number of fused-ring (bicyclic) bond motifs is 1. The van der Waals surface area contributed by atoms with Gasteiger partial charge in [-0.05, 0) is 19.3 Å². The number of esters is 1. The standard InChI is InChI=1S/C11H13NO4/c1-16-11(15)10-7-4-2-3-5-12(7)9(14)6-8(10)13/h6,13H,2-5H2,1H3. The van der Waals surface area contributed by atoms with Crippen LogP contribution in [0.1, 0.15) is 28.9 Å². The zero-order chi connectivity index (χ0) is 11.7. The average Bonchev–Trinajstić information content (AvgIpc) is 2.28. The van der Waals surface area contributed by atoms with E-state index in [0.29, 0.717) is 18.7 Å². The van der Waals surface area contributed by atoms with Gasteiger partial charge in [-0.1, -0.05) is 0 Å². The van der Waals surface area contributed by atoms with Crippen LogP contribution in [0.25, 0.3) is 0 Å². The molecule has 1 N–H and O–H groups in total. The maximum Gasteiger partial charge on any atom is 0.343 e. The minimum Gasteiger partial charge on any atom is -0.507 e. The van der Waals surface area contributed by atoms with E-state index in [4.69, 9.17) is 0 Å². The fourth-order valence-electron chi connectivity index (χ4n) is 2.07. The molecule has 5 heteroatoms. The molecule has 0 bridgehead atoms. The van der Waals surface area contributed by atoms with Crippen molar-refractivity contribution in [2.24, 2.45) is 0 Å². The van der Waals surface area contributed by atoms with Crippen molar-refractivity contribution in [3.8, 4) is 5.75 Å². The van der Waals surface area contributed by atoms with Crippen LogP contribution in [0.15, 0.2) is 10.9 Å². The summed E-state index contributed by atoms with van der Waals surface area (Å²) in [7, 11) is 1.26. The van der Waals surface area contributed by atoms with Crippen LogP contribution in [-0.2, 0) is 17.7 Å². The number of aromatic nitrogens is 1. The molecular weight excluding hydrogens is 210 g/mol. The molecule has 5 nitrogen and oxygen atoms in total. The van der Waals surface area contributed by atoms with Gasteiger partial charge in [-0.15, -0.1) is 0 Å². The largest absolute Gasteiger partial charge is 0.507 e. The molecule has 2 heterocycles. The van der Waals surface area contributed by atoms with E-state index in [0.717, 1.165) is 18.9 Å². The van der Waals surface area contributed by atoms with Gasteiger partial charge in [-0.2, -0.15) is 0 Å². The zero-order valence-electron chi connectivity index (χ0n) is 9.02. The Morgan fingerprint density at radius 1 is 1.50 bits per heavy atom. The van der Waals surface area contributed by atoms with Gasteiger partial charge in [0.05, 0.1) is 7.11 Å². The van der Waals surface area contributed by atoms with Gasteiger partial charge in [-0.3, -0.25) is 4.79 Å². The maximum atomic E-state index is 11.6. The summed E-state index contributed by atoms with van der Waals surface area (Å²) in [6, 6.07) is 1.07. The molecule has 0 saturated heterocycles. The minimum absolute atomic E-state index is 0.127. The van der Waals surface area contributed by atoms with Crippen molar-refractivity contribution < 1.29 is 14.6 Å². The lowest BCUT2D eigenvalue weighted by molar-refractivity contribution is 0.0594. The van der Waals surface area contributed by atoms with Crippen molar-refractivity contribution in [1.29, 1.82) is 0 Å². The summed E-state index contributed by atoms with van der Waals surface area (Å²) in [5.41, 5.74) is 0.449. The second kappa shape index (κ2) is 4.00. The van der Waals surface area contributed by atoms with Gasteiger partial charge >= 0.3 is 5.97 Å². The second-order valence-corrected chi connectivity index (χ2v) is 3.79. The van der Waals surface area contributed by atoms with Crippen LogP contribution in [0.2, 0.25) is 0 Å². The molecular formula is C11H13NO4. The van der Waals surface area contributed by atoms with Crippen LogP contribution in [0, 0.1) is 0 Å². The highest BCUT2D eigenvalue weighted by atomic mass is 16.5. The number of carbonyl (C=O) groups is 1. The number of hydrogen-bond donors (Lipinski definition) is 1. The Balaban J connectivity index is 2.68. The average molecular weight is 223 g/mol. The van der Waals surface area contributed by atoms with E-state index < -0.39 is 5.97 Å². The topological polar surface area (TPSA) is 68.5 Å². The van der Waals surface area contributed by atoms with Crippen LogP contribution in [0.3, 0.4) is 0 Å². The quantitative estimate of drug-likeness (QED) is 0.711. The number of pyridine rings is 1. The van der Waals surface area contributed by atoms with E-state index in [9.17, 15) is 14.7 Å². The predicted molar refractivity (Wildman–Crippen MR) is 56.6 cm³/mol. The minimum atomic E-state index is -0.594. The van der Waals surface area contributed by atoms with Crippen LogP contribution in [-0.4, -0.2) is 22.8 Å². The first-order valence-electron chi connectivity index (χ1n) is 5.19. The van der Waals surface area contributed by atoms with Crippen LogP contribution in [0.4, 0.5) is 0 Å². The number of rotatable bonds is 1. The molecule has 0 unspecified atom stereocenters. The molecule has 0 amide bonds. The lowest BCUT2D eigenvalue weighted by Crippen LogP contribution is -2.29. The lowest BCUT2D eigenvalue weighted by Gasteiger charge is -2.20. The lowest BCUT2D eigenvalue weighted by atomic mass is 10.0. The van der Waals surface area contributed by atoms with Crippen molar-refractivity contribution in [3.63, 3.8) is 0 Å². The van der Waals surface area contributed by atoms with Crippen LogP contribution < -0.4 is 5.56 Å². The van der Waals surface area contributed by atoms with Gasteiger partial charge < -0.3 is 14.4 Å². The normalized spacial score (nSPS) is 14.3. The summed E-state index contributed by atoms with van der Waals surface area (Å²) in [5.74, 6) is -0.881. The Morgan fingerprint density at radius 2 is 2.25 bits per heavy atom. The Hall–Kier alpha value is -1.78. The molecule has 1 aromatic heterocycles. The zero-order valence-corrected chi connectivity index (χ0v) is 9.02. The van der Waals surface area contributed by atoms with Crippen LogP contribution in [0.5, 0.6) is 5.75 Å². The number of hydrogen-bond acceptors (Lipinski definition) is 4. The van der Waals surface area contributed by atoms with Gasteiger partial charge in [0, 0.05) is 18.3 Å². The number of ether oxygens (including phenoxy) is 1. The Bertz CT molecular complexity index is 489. The first-order chi connectivity index (χ1) is 7.65. The first kappa shape index (κ1) is 10.7. The summed E-state index contributed by atoms with van der Waals surface area (Å²) in [6.07, 6.45) is 2.44. The number of aromatic hydroxyl groups is 1. The smallest absolute Gasteiger partial charge is 0.343 e. The van der Waals surface area contributed by atoms with Crippen molar-refractivity contribution in [2.45, 2.75) is 25.8 Å². The predicted octanol–water partition coefficient (Wildman–Crippen LogP) is 0.677. The van der Waals surface area contributed by atoms with Gasteiger partial charge in [-0.25, -0.2) is 4.79 Å². The van der Waals surface area contributed by atoms with Gasteiger partial charge in [0.2, 0.25) is 0 Å². The van der Waals surface area contributed by atoms with Gasteiger partial charge in [0.1, 0.15) is 11.3 Å². The molecule has 0 radical (unpaired) electrons. The molecule has 0 saturated carbocycles. The number of nitrogens with zero attached hydrogens (tertiary/aromatic N) is 1. The fourth-order valence-corrected chi connectivity index (χ4v) is 2.07. The van der Waals surface area contributed by atoms with E-state index in [-0.39, 0.29) is 16.9 Å². The van der Waals surface area contributed by atoms with E-state index in [1.807, 2.05) is 0 Å². The van der Waals surface area contributed by atoms with E-state index in [1.54, 1.807) is 0 Å². The Labute approximate surface area is 92.3 Å². The molecule has 1 aliphatic heterocycles. The summed E-state index contributed by atoms with van der Waals surface area (Å²) < 4.78 is 6.15.